The van der Waals surface area contributed by atoms with Gasteiger partial charge in [0.25, 0.3) is 0 Å². The highest BCUT2D eigenvalue weighted by Gasteiger charge is 2.33. The third kappa shape index (κ3) is 4.70. The molecule has 1 heterocycles. The second kappa shape index (κ2) is 7.53. The molecule has 25 heavy (non-hydrogen) atoms. The highest BCUT2D eigenvalue weighted by atomic mass is 16.6. The van der Waals surface area contributed by atoms with E-state index in [0.29, 0.717) is 37.3 Å². The highest BCUT2D eigenvalue weighted by molar-refractivity contribution is 5.73. The summed E-state index contributed by atoms with van der Waals surface area (Å²) in [4.78, 5) is 26.2. The standard InChI is InChI=1S/C18H23N3O4/c1-18(2,3)25-17(24)21-10-8-20(9-11-21)15(16(22)23)14-7-5-4-6-13(14)12-19/h4-7,15H,8-11H2,1-3H3,(H,22,23)/t15-/m0/s1. The largest absolute Gasteiger partial charge is 0.544 e. The van der Waals surface area contributed by atoms with Crippen LogP contribution in [0.3, 0.4) is 0 Å². The van der Waals surface area contributed by atoms with E-state index in [1.165, 1.54) is 0 Å². The van der Waals surface area contributed by atoms with E-state index < -0.39 is 23.7 Å². The number of nitrogens with zero attached hydrogens (tertiary/aromatic N) is 2. The fourth-order valence-corrected chi connectivity index (χ4v) is 2.96. The Morgan fingerprint density at radius 3 is 2.40 bits per heavy atom. The number of ether oxygens (including phenoxy) is 1. The van der Waals surface area contributed by atoms with Gasteiger partial charge in [0.1, 0.15) is 11.6 Å². The van der Waals surface area contributed by atoms with Crippen LogP contribution in [0.15, 0.2) is 24.3 Å². The predicted octanol–water partition coefficient (Wildman–Crippen LogP) is -0.515. The topological polar surface area (TPSA) is 97.9 Å². The van der Waals surface area contributed by atoms with Crippen molar-refractivity contribution in [3.05, 3.63) is 35.4 Å². The Bertz CT molecular complexity index is 682. The summed E-state index contributed by atoms with van der Waals surface area (Å²) in [5, 5.41) is 21.0. The number of carbonyl (C=O) groups is 2. The Morgan fingerprint density at radius 1 is 1.28 bits per heavy atom. The van der Waals surface area contributed by atoms with E-state index in [1.807, 2.05) is 6.07 Å². The van der Waals surface area contributed by atoms with Crippen LogP contribution in [0.5, 0.6) is 0 Å². The van der Waals surface area contributed by atoms with Crippen molar-refractivity contribution < 1.29 is 24.3 Å². The van der Waals surface area contributed by atoms with Gasteiger partial charge in [-0.25, -0.2) is 4.79 Å². The molecule has 0 aliphatic carbocycles. The predicted molar refractivity (Wildman–Crippen MR) is 87.4 cm³/mol. The van der Waals surface area contributed by atoms with Gasteiger partial charge in [0, 0.05) is 5.56 Å². The van der Waals surface area contributed by atoms with Gasteiger partial charge >= 0.3 is 6.09 Å². The zero-order valence-corrected chi connectivity index (χ0v) is 14.7. The first-order valence-electron chi connectivity index (χ1n) is 8.25. The van der Waals surface area contributed by atoms with Gasteiger partial charge in [-0.05, 0) is 26.8 Å². The van der Waals surface area contributed by atoms with Crippen molar-refractivity contribution in [3.63, 3.8) is 0 Å². The minimum atomic E-state index is -1.22. The molecule has 0 bridgehead atoms. The number of aliphatic carboxylic acids is 1. The summed E-state index contributed by atoms with van der Waals surface area (Å²) < 4.78 is 5.35. The molecular weight excluding hydrogens is 322 g/mol. The van der Waals surface area contributed by atoms with Gasteiger partial charge in [0.2, 0.25) is 0 Å². The van der Waals surface area contributed by atoms with Crippen LogP contribution < -0.4 is 10.0 Å². The molecule has 7 heteroatoms. The van der Waals surface area contributed by atoms with Crippen molar-refractivity contribution in [2.75, 3.05) is 26.2 Å². The average Bonchev–Trinajstić information content (AvgIpc) is 2.54. The summed E-state index contributed by atoms with van der Waals surface area (Å²) in [6, 6.07) is 7.75. The molecule has 0 aromatic heterocycles. The SMILES string of the molecule is CC(C)(C)OC(=O)N1CC[NH+]([C@H](C(=O)[O-])c2ccccc2C#N)CC1. The van der Waals surface area contributed by atoms with E-state index in [-0.39, 0.29) is 0 Å². The van der Waals surface area contributed by atoms with Crippen LogP contribution in [-0.2, 0) is 9.53 Å². The molecule has 0 unspecified atom stereocenters. The van der Waals surface area contributed by atoms with Crippen LogP contribution in [-0.4, -0.2) is 48.7 Å². The van der Waals surface area contributed by atoms with Crippen LogP contribution in [0, 0.1) is 11.3 Å². The average molecular weight is 345 g/mol. The lowest BCUT2D eigenvalue weighted by Crippen LogP contribution is -3.16. The molecule has 1 aliphatic heterocycles. The number of quaternary nitrogens is 1. The van der Waals surface area contributed by atoms with E-state index in [4.69, 9.17) is 4.74 Å². The Balaban J connectivity index is 2.10. The third-order valence-corrected chi connectivity index (χ3v) is 4.09. The van der Waals surface area contributed by atoms with Gasteiger partial charge < -0.3 is 19.5 Å². The molecule has 1 fully saturated rings. The number of nitriles is 1. The van der Waals surface area contributed by atoms with Crippen LogP contribution in [0.1, 0.15) is 37.9 Å². The van der Waals surface area contributed by atoms with Crippen LogP contribution >= 0.6 is 0 Å². The molecule has 1 aromatic carbocycles. The van der Waals surface area contributed by atoms with Crippen molar-refractivity contribution in [1.29, 1.82) is 5.26 Å². The number of piperazine rings is 1. The van der Waals surface area contributed by atoms with E-state index in [1.54, 1.807) is 49.9 Å². The molecule has 7 nitrogen and oxygen atoms in total. The quantitative estimate of drug-likeness (QED) is 0.795. The van der Waals surface area contributed by atoms with E-state index in [2.05, 4.69) is 0 Å². The van der Waals surface area contributed by atoms with E-state index >= 15 is 0 Å². The lowest BCUT2D eigenvalue weighted by Gasteiger charge is -2.37. The first kappa shape index (κ1) is 18.7. The molecule has 2 rings (SSSR count). The maximum Gasteiger partial charge on any atom is 0.410 e. The fraction of sp³-hybridized carbons (Fsp3) is 0.500. The van der Waals surface area contributed by atoms with Crippen LogP contribution in [0.4, 0.5) is 4.79 Å². The number of hydrogen-bond acceptors (Lipinski definition) is 5. The fourth-order valence-electron chi connectivity index (χ4n) is 2.96. The molecule has 0 radical (unpaired) electrons. The van der Waals surface area contributed by atoms with Crippen molar-refractivity contribution >= 4 is 12.1 Å². The Hall–Kier alpha value is -2.59. The lowest BCUT2D eigenvalue weighted by atomic mass is 9.99. The number of amides is 1. The summed E-state index contributed by atoms with van der Waals surface area (Å²) in [6.07, 6.45) is -0.394. The summed E-state index contributed by atoms with van der Waals surface area (Å²) in [7, 11) is 0. The van der Waals surface area contributed by atoms with Gasteiger partial charge in [0.05, 0.1) is 37.8 Å². The third-order valence-electron chi connectivity index (χ3n) is 4.09. The molecule has 0 spiro atoms. The molecule has 1 amide bonds. The van der Waals surface area contributed by atoms with Crippen LogP contribution in [0.25, 0.3) is 0 Å². The second-order valence-electron chi connectivity index (χ2n) is 7.08. The maximum absolute atomic E-state index is 12.1. The molecule has 1 atom stereocenters. The van der Waals surface area contributed by atoms with Gasteiger partial charge in [0.15, 0.2) is 6.04 Å². The number of rotatable bonds is 3. The summed E-state index contributed by atoms with van der Waals surface area (Å²) in [5.41, 5.74) is 0.213. The Kier molecular flexibility index (Phi) is 5.65. The minimum absolute atomic E-state index is 0.332. The smallest absolute Gasteiger partial charge is 0.410 e. The molecule has 134 valence electrons. The lowest BCUT2D eigenvalue weighted by molar-refractivity contribution is -0.928. The number of hydrogen-bond donors (Lipinski definition) is 1. The first-order valence-corrected chi connectivity index (χ1v) is 8.25. The van der Waals surface area contributed by atoms with Crippen molar-refractivity contribution in [1.82, 2.24) is 4.90 Å². The normalized spacial score (nSPS) is 16.8. The van der Waals surface area contributed by atoms with Crippen molar-refractivity contribution in [2.24, 2.45) is 0 Å². The van der Waals surface area contributed by atoms with Gasteiger partial charge in [-0.1, -0.05) is 18.2 Å². The molecular formula is C18H23N3O4. The first-order chi connectivity index (χ1) is 11.7. The summed E-state index contributed by atoms with van der Waals surface area (Å²) in [5.74, 6) is -1.22. The summed E-state index contributed by atoms with van der Waals surface area (Å²) >= 11 is 0. The number of carboxylic acid groups (broad SMARTS) is 1. The highest BCUT2D eigenvalue weighted by Crippen LogP contribution is 2.16. The molecule has 1 saturated heterocycles. The molecule has 1 N–H and O–H groups in total. The number of carboxylic acids is 1. The van der Waals surface area contributed by atoms with Gasteiger partial charge in [-0.2, -0.15) is 5.26 Å². The molecule has 1 aliphatic rings. The van der Waals surface area contributed by atoms with Crippen LogP contribution in [0.2, 0.25) is 0 Å². The van der Waals surface area contributed by atoms with Gasteiger partial charge in [-0.15, -0.1) is 0 Å². The number of nitrogens with one attached hydrogen (secondary N) is 1. The minimum Gasteiger partial charge on any atom is -0.544 e. The molecule has 1 aromatic rings. The Morgan fingerprint density at radius 2 is 1.88 bits per heavy atom. The zero-order chi connectivity index (χ0) is 18.6. The van der Waals surface area contributed by atoms with E-state index in [0.717, 1.165) is 4.90 Å². The van der Waals surface area contributed by atoms with Crippen molar-refractivity contribution in [2.45, 2.75) is 32.4 Å². The number of carbonyl (C=O) groups excluding carboxylic acids is 2. The maximum atomic E-state index is 12.1. The monoisotopic (exact) mass is 345 g/mol. The molecule has 0 saturated carbocycles. The Labute approximate surface area is 147 Å². The van der Waals surface area contributed by atoms with E-state index in [9.17, 15) is 20.0 Å². The van der Waals surface area contributed by atoms with Crippen molar-refractivity contribution in [3.8, 4) is 6.07 Å². The summed E-state index contributed by atoms with van der Waals surface area (Å²) in [6.45, 7) is 7.08. The second-order valence-corrected chi connectivity index (χ2v) is 7.08. The zero-order valence-electron chi connectivity index (χ0n) is 14.7. The van der Waals surface area contributed by atoms with Gasteiger partial charge in [-0.3, -0.25) is 4.90 Å². The number of benzene rings is 1.